The van der Waals surface area contributed by atoms with Crippen molar-refractivity contribution in [3.8, 4) is 0 Å². The van der Waals surface area contributed by atoms with Gasteiger partial charge in [-0.3, -0.25) is 0 Å². The lowest BCUT2D eigenvalue weighted by atomic mass is 10.3. The number of hydrogen-bond donors (Lipinski definition) is 2. The molecule has 1 saturated carbocycles. The molecule has 112 valence electrons. The second-order valence-corrected chi connectivity index (χ2v) is 4.99. The van der Waals surface area contributed by atoms with E-state index in [1.54, 1.807) is 6.92 Å². The third-order valence-corrected chi connectivity index (χ3v) is 3.60. The van der Waals surface area contributed by atoms with Gasteiger partial charge in [0.15, 0.2) is 0 Å². The molecule has 0 bridgehead atoms. The van der Waals surface area contributed by atoms with Crippen LogP contribution in [-0.2, 0) is 9.53 Å². The predicted molar refractivity (Wildman–Crippen MR) is 68.3 cm³/mol. The fraction of sp³-hybridized carbons (Fsp3) is 0.750. The minimum Gasteiger partial charge on any atom is -0.480 e. The van der Waals surface area contributed by atoms with E-state index < -0.39 is 11.5 Å². The zero-order valence-electron chi connectivity index (χ0n) is 11.4. The molecule has 2 fully saturated rings. The van der Waals surface area contributed by atoms with E-state index in [4.69, 9.17) is 9.84 Å². The van der Waals surface area contributed by atoms with E-state index in [1.807, 2.05) is 0 Å². The van der Waals surface area contributed by atoms with E-state index in [1.165, 1.54) is 9.80 Å². The Kier molecular flexibility index (Phi) is 4.01. The van der Waals surface area contributed by atoms with Crippen LogP contribution in [0.2, 0.25) is 0 Å². The normalized spacial score (nSPS) is 20.2. The molecule has 2 rings (SSSR count). The number of carbonyl (C=O) groups is 3. The van der Waals surface area contributed by atoms with Crippen LogP contribution >= 0.6 is 0 Å². The maximum Gasteiger partial charge on any atom is 0.409 e. The van der Waals surface area contributed by atoms with Crippen molar-refractivity contribution in [2.45, 2.75) is 25.3 Å². The lowest BCUT2D eigenvalue weighted by molar-refractivity contribution is -0.140. The fourth-order valence-electron chi connectivity index (χ4n) is 2.11. The Morgan fingerprint density at radius 1 is 1.15 bits per heavy atom. The van der Waals surface area contributed by atoms with Crippen LogP contribution in [0.3, 0.4) is 0 Å². The second-order valence-electron chi connectivity index (χ2n) is 4.99. The molecule has 1 aliphatic heterocycles. The molecule has 0 aromatic carbocycles. The van der Waals surface area contributed by atoms with Crippen molar-refractivity contribution in [2.24, 2.45) is 0 Å². The highest BCUT2D eigenvalue weighted by atomic mass is 16.6. The van der Waals surface area contributed by atoms with E-state index in [-0.39, 0.29) is 12.1 Å². The van der Waals surface area contributed by atoms with Gasteiger partial charge in [-0.05, 0) is 19.8 Å². The van der Waals surface area contributed by atoms with E-state index in [2.05, 4.69) is 5.32 Å². The SMILES string of the molecule is CCOC(=O)N1CCN(C(=O)NC2(C(=O)O)CC2)CC1. The van der Waals surface area contributed by atoms with Crippen molar-refractivity contribution in [3.63, 3.8) is 0 Å². The zero-order valence-corrected chi connectivity index (χ0v) is 11.4. The zero-order chi connectivity index (χ0) is 14.8. The summed E-state index contributed by atoms with van der Waals surface area (Å²) in [6, 6.07) is -0.381. The van der Waals surface area contributed by atoms with Gasteiger partial charge in [-0.25, -0.2) is 14.4 Å². The van der Waals surface area contributed by atoms with Gasteiger partial charge in [0.05, 0.1) is 6.61 Å². The molecule has 2 N–H and O–H groups in total. The summed E-state index contributed by atoms with van der Waals surface area (Å²) in [5.74, 6) is -0.990. The number of piperazine rings is 1. The Balaban J connectivity index is 1.80. The summed E-state index contributed by atoms with van der Waals surface area (Å²) in [4.78, 5) is 37.6. The van der Waals surface area contributed by atoms with Gasteiger partial charge in [0.1, 0.15) is 5.54 Å². The predicted octanol–water partition coefficient (Wildman–Crippen LogP) is 0.0873. The molecule has 0 atom stereocenters. The number of aliphatic carboxylic acids is 1. The summed E-state index contributed by atoms with van der Waals surface area (Å²) in [6.45, 7) is 3.60. The van der Waals surface area contributed by atoms with Gasteiger partial charge in [-0.15, -0.1) is 0 Å². The number of hydrogen-bond acceptors (Lipinski definition) is 4. The first-order valence-electron chi connectivity index (χ1n) is 6.71. The van der Waals surface area contributed by atoms with Gasteiger partial charge in [0.2, 0.25) is 0 Å². The number of carboxylic acids is 1. The van der Waals surface area contributed by atoms with Crippen molar-refractivity contribution in [2.75, 3.05) is 32.8 Å². The summed E-state index contributed by atoms with van der Waals surface area (Å²) in [5, 5.41) is 11.6. The van der Waals surface area contributed by atoms with Gasteiger partial charge < -0.3 is 25.0 Å². The van der Waals surface area contributed by atoms with Crippen molar-refractivity contribution in [1.82, 2.24) is 15.1 Å². The third-order valence-electron chi connectivity index (χ3n) is 3.60. The van der Waals surface area contributed by atoms with Crippen molar-refractivity contribution in [3.05, 3.63) is 0 Å². The molecule has 1 aliphatic carbocycles. The first kappa shape index (κ1) is 14.4. The molecule has 8 nitrogen and oxygen atoms in total. The summed E-state index contributed by atoms with van der Waals surface area (Å²) in [7, 11) is 0. The Morgan fingerprint density at radius 2 is 1.70 bits per heavy atom. The largest absolute Gasteiger partial charge is 0.480 e. The van der Waals surface area contributed by atoms with Crippen LogP contribution in [0.4, 0.5) is 9.59 Å². The van der Waals surface area contributed by atoms with Gasteiger partial charge in [0.25, 0.3) is 0 Å². The van der Waals surface area contributed by atoms with Crippen LogP contribution in [-0.4, -0.2) is 71.3 Å². The standard InChI is InChI=1S/C12H19N3O5/c1-2-20-11(19)15-7-5-14(6-8-15)10(18)13-12(3-4-12)9(16)17/h2-8H2,1H3,(H,13,18)(H,16,17). The molecule has 8 heteroatoms. The number of rotatable bonds is 3. The van der Waals surface area contributed by atoms with Crippen LogP contribution in [0.1, 0.15) is 19.8 Å². The Hall–Kier alpha value is -1.99. The lowest BCUT2D eigenvalue weighted by Gasteiger charge is -2.34. The van der Waals surface area contributed by atoms with E-state index in [0.29, 0.717) is 45.6 Å². The summed E-state index contributed by atoms with van der Waals surface area (Å²) in [6.07, 6.45) is 0.560. The number of nitrogens with one attached hydrogen (secondary N) is 1. The smallest absolute Gasteiger partial charge is 0.409 e. The molecule has 0 unspecified atom stereocenters. The van der Waals surface area contributed by atoms with Gasteiger partial charge in [-0.1, -0.05) is 0 Å². The van der Waals surface area contributed by atoms with E-state index >= 15 is 0 Å². The van der Waals surface area contributed by atoms with Gasteiger partial charge in [-0.2, -0.15) is 0 Å². The monoisotopic (exact) mass is 285 g/mol. The molecular formula is C12H19N3O5. The quantitative estimate of drug-likeness (QED) is 0.765. The minimum absolute atomic E-state index is 0.320. The molecule has 1 saturated heterocycles. The number of ether oxygens (including phenoxy) is 1. The summed E-state index contributed by atoms with van der Waals surface area (Å²) >= 11 is 0. The number of carbonyl (C=O) groups excluding carboxylic acids is 2. The maximum absolute atomic E-state index is 12.0. The molecule has 0 aromatic rings. The molecule has 2 aliphatic rings. The van der Waals surface area contributed by atoms with Crippen LogP contribution < -0.4 is 5.32 Å². The first-order chi connectivity index (χ1) is 9.48. The topological polar surface area (TPSA) is 99.2 Å². The van der Waals surface area contributed by atoms with Gasteiger partial charge in [0, 0.05) is 26.2 Å². The molecule has 1 heterocycles. The Morgan fingerprint density at radius 3 is 2.15 bits per heavy atom. The highest BCUT2D eigenvalue weighted by Crippen LogP contribution is 2.35. The van der Waals surface area contributed by atoms with E-state index in [0.717, 1.165) is 0 Å². The number of amides is 3. The number of nitrogens with zero attached hydrogens (tertiary/aromatic N) is 2. The lowest BCUT2D eigenvalue weighted by Crippen LogP contribution is -2.56. The average molecular weight is 285 g/mol. The summed E-state index contributed by atoms with van der Waals surface area (Å²) < 4.78 is 4.89. The molecule has 0 spiro atoms. The minimum atomic E-state index is -1.07. The molecular weight excluding hydrogens is 266 g/mol. The van der Waals surface area contributed by atoms with Crippen LogP contribution in [0, 0.1) is 0 Å². The molecule has 20 heavy (non-hydrogen) atoms. The average Bonchev–Trinajstić information content (AvgIpc) is 3.20. The van der Waals surface area contributed by atoms with E-state index in [9.17, 15) is 14.4 Å². The highest BCUT2D eigenvalue weighted by molar-refractivity contribution is 5.89. The van der Waals surface area contributed by atoms with Gasteiger partial charge >= 0.3 is 18.1 Å². The third kappa shape index (κ3) is 2.94. The van der Waals surface area contributed by atoms with Crippen molar-refractivity contribution in [1.29, 1.82) is 0 Å². The highest BCUT2D eigenvalue weighted by Gasteiger charge is 2.52. The number of carboxylic acid groups (broad SMARTS) is 1. The molecule has 3 amide bonds. The first-order valence-corrected chi connectivity index (χ1v) is 6.71. The Labute approximate surface area is 116 Å². The maximum atomic E-state index is 12.0. The van der Waals surface area contributed by atoms with Crippen LogP contribution in [0.15, 0.2) is 0 Å². The molecule has 0 radical (unpaired) electrons. The van der Waals surface area contributed by atoms with Crippen LogP contribution in [0.25, 0.3) is 0 Å². The Bertz CT molecular complexity index is 413. The second kappa shape index (κ2) is 5.56. The van der Waals surface area contributed by atoms with Crippen molar-refractivity contribution < 1.29 is 24.2 Å². The number of urea groups is 1. The fourth-order valence-corrected chi connectivity index (χ4v) is 2.11. The van der Waals surface area contributed by atoms with Crippen molar-refractivity contribution >= 4 is 18.1 Å². The summed E-state index contributed by atoms with van der Waals surface area (Å²) in [5.41, 5.74) is -1.07. The van der Waals surface area contributed by atoms with Crippen LogP contribution in [0.5, 0.6) is 0 Å². The molecule has 0 aromatic heterocycles.